The fourth-order valence-electron chi connectivity index (χ4n) is 2.48. The van der Waals surface area contributed by atoms with Crippen LogP contribution < -0.4 is 4.90 Å². The maximum absolute atomic E-state index is 10.7. The number of aliphatic carboxylic acids is 1. The Bertz CT molecular complexity index is 456. The average Bonchev–Trinajstić information content (AvgIpc) is 2.38. The standard InChI is InChI=1S/C13H20N4O2/c1-3-11-10(2)14-9-15-13(11)17-6-4-16(5-7-17)8-12(18)19/h9H,3-8H2,1-2H3,(H,18,19). The molecule has 1 aromatic rings. The van der Waals surface area contributed by atoms with E-state index in [1.807, 2.05) is 11.8 Å². The minimum atomic E-state index is -0.763. The number of nitrogens with zero attached hydrogens (tertiary/aromatic N) is 4. The lowest BCUT2D eigenvalue weighted by Gasteiger charge is -2.35. The monoisotopic (exact) mass is 264 g/mol. The zero-order valence-corrected chi connectivity index (χ0v) is 11.5. The summed E-state index contributed by atoms with van der Waals surface area (Å²) in [6.07, 6.45) is 2.52. The van der Waals surface area contributed by atoms with Gasteiger partial charge in [-0.3, -0.25) is 9.69 Å². The van der Waals surface area contributed by atoms with Crippen LogP contribution in [0.15, 0.2) is 6.33 Å². The van der Waals surface area contributed by atoms with Gasteiger partial charge < -0.3 is 10.0 Å². The molecule has 1 N–H and O–H groups in total. The number of rotatable bonds is 4. The third kappa shape index (κ3) is 3.20. The van der Waals surface area contributed by atoms with Crippen molar-refractivity contribution < 1.29 is 9.90 Å². The molecule has 2 rings (SSSR count). The molecule has 1 fully saturated rings. The SMILES string of the molecule is CCc1c(C)ncnc1N1CCN(CC(=O)O)CC1. The van der Waals surface area contributed by atoms with Crippen molar-refractivity contribution in [3.05, 3.63) is 17.6 Å². The Morgan fingerprint density at radius 2 is 2.00 bits per heavy atom. The minimum Gasteiger partial charge on any atom is -0.480 e. The molecule has 1 aliphatic rings. The largest absolute Gasteiger partial charge is 0.480 e. The van der Waals surface area contributed by atoms with E-state index in [4.69, 9.17) is 5.11 Å². The van der Waals surface area contributed by atoms with Gasteiger partial charge >= 0.3 is 5.97 Å². The molecule has 104 valence electrons. The summed E-state index contributed by atoms with van der Waals surface area (Å²) in [6.45, 7) is 7.39. The predicted molar refractivity (Wildman–Crippen MR) is 72.4 cm³/mol. The molecule has 0 radical (unpaired) electrons. The average molecular weight is 264 g/mol. The summed E-state index contributed by atoms with van der Waals surface area (Å²) in [5.41, 5.74) is 2.22. The second-order valence-electron chi connectivity index (χ2n) is 4.77. The highest BCUT2D eigenvalue weighted by atomic mass is 16.4. The Balaban J connectivity index is 2.05. The van der Waals surface area contributed by atoms with E-state index < -0.39 is 5.97 Å². The molecule has 1 aliphatic heterocycles. The number of hydrogen-bond donors (Lipinski definition) is 1. The van der Waals surface area contributed by atoms with Crippen molar-refractivity contribution in [3.8, 4) is 0 Å². The Morgan fingerprint density at radius 1 is 1.32 bits per heavy atom. The van der Waals surface area contributed by atoms with Crippen molar-refractivity contribution >= 4 is 11.8 Å². The van der Waals surface area contributed by atoms with Crippen LogP contribution >= 0.6 is 0 Å². The molecule has 0 spiro atoms. The first kappa shape index (κ1) is 13.7. The number of aryl methyl sites for hydroxylation is 1. The van der Waals surface area contributed by atoms with E-state index in [0.717, 1.165) is 44.1 Å². The van der Waals surface area contributed by atoms with Gasteiger partial charge in [-0.2, -0.15) is 0 Å². The van der Waals surface area contributed by atoms with E-state index in [0.29, 0.717) is 0 Å². The Labute approximate surface area is 113 Å². The Kier molecular flexibility index (Phi) is 4.31. The Hall–Kier alpha value is -1.69. The molecule has 0 aliphatic carbocycles. The van der Waals surface area contributed by atoms with Gasteiger partial charge in [0.05, 0.1) is 6.54 Å². The third-order valence-electron chi connectivity index (χ3n) is 3.52. The highest BCUT2D eigenvalue weighted by Crippen LogP contribution is 2.21. The zero-order valence-electron chi connectivity index (χ0n) is 11.5. The summed E-state index contributed by atoms with van der Waals surface area (Å²) >= 11 is 0. The van der Waals surface area contributed by atoms with Crippen molar-refractivity contribution in [1.29, 1.82) is 0 Å². The van der Waals surface area contributed by atoms with Crippen molar-refractivity contribution in [2.45, 2.75) is 20.3 Å². The number of carbonyl (C=O) groups is 1. The number of piperazine rings is 1. The van der Waals surface area contributed by atoms with Crippen molar-refractivity contribution in [2.75, 3.05) is 37.6 Å². The summed E-state index contributed by atoms with van der Waals surface area (Å²) in [4.78, 5) is 23.5. The van der Waals surface area contributed by atoms with Crippen LogP contribution in [-0.4, -0.2) is 58.7 Å². The summed E-state index contributed by atoms with van der Waals surface area (Å²) < 4.78 is 0. The lowest BCUT2D eigenvalue weighted by molar-refractivity contribution is -0.138. The van der Waals surface area contributed by atoms with Gasteiger partial charge in [0.1, 0.15) is 12.1 Å². The third-order valence-corrected chi connectivity index (χ3v) is 3.52. The van der Waals surface area contributed by atoms with Crippen LogP contribution in [0.4, 0.5) is 5.82 Å². The summed E-state index contributed by atoms with van der Waals surface area (Å²) in [5, 5.41) is 8.79. The molecule has 1 saturated heterocycles. The maximum atomic E-state index is 10.7. The van der Waals surface area contributed by atoms with Crippen LogP contribution in [-0.2, 0) is 11.2 Å². The van der Waals surface area contributed by atoms with Gasteiger partial charge in [0.15, 0.2) is 0 Å². The first-order chi connectivity index (χ1) is 9.11. The first-order valence-electron chi connectivity index (χ1n) is 6.61. The Morgan fingerprint density at radius 3 is 2.58 bits per heavy atom. The molecule has 1 aromatic heterocycles. The summed E-state index contributed by atoms with van der Waals surface area (Å²) in [7, 11) is 0. The number of carboxylic acid groups (broad SMARTS) is 1. The lowest BCUT2D eigenvalue weighted by atomic mass is 10.1. The zero-order chi connectivity index (χ0) is 13.8. The van der Waals surface area contributed by atoms with E-state index in [1.54, 1.807) is 6.33 Å². The van der Waals surface area contributed by atoms with Crippen molar-refractivity contribution in [3.63, 3.8) is 0 Å². The van der Waals surface area contributed by atoms with Gasteiger partial charge in [-0.1, -0.05) is 6.92 Å². The quantitative estimate of drug-likeness (QED) is 0.856. The van der Waals surface area contributed by atoms with Gasteiger partial charge in [-0.25, -0.2) is 9.97 Å². The van der Waals surface area contributed by atoms with Crippen LogP contribution in [0.3, 0.4) is 0 Å². The molecular formula is C13H20N4O2. The van der Waals surface area contributed by atoms with Crippen LogP contribution in [0.2, 0.25) is 0 Å². The topological polar surface area (TPSA) is 69.6 Å². The highest BCUT2D eigenvalue weighted by molar-refractivity contribution is 5.69. The van der Waals surface area contributed by atoms with Gasteiger partial charge in [-0.05, 0) is 13.3 Å². The number of hydrogen-bond acceptors (Lipinski definition) is 5. The normalized spacial score (nSPS) is 16.6. The van der Waals surface area contributed by atoms with Gasteiger partial charge in [0, 0.05) is 37.4 Å². The highest BCUT2D eigenvalue weighted by Gasteiger charge is 2.21. The molecule has 6 nitrogen and oxygen atoms in total. The van der Waals surface area contributed by atoms with Crippen LogP contribution in [0, 0.1) is 6.92 Å². The fraction of sp³-hybridized carbons (Fsp3) is 0.615. The van der Waals surface area contributed by atoms with E-state index in [-0.39, 0.29) is 6.54 Å². The molecule has 2 heterocycles. The summed E-state index contributed by atoms with van der Waals surface area (Å²) in [6, 6.07) is 0. The van der Waals surface area contributed by atoms with E-state index in [1.165, 1.54) is 5.56 Å². The fourth-order valence-corrected chi connectivity index (χ4v) is 2.48. The molecule has 0 amide bonds. The second-order valence-corrected chi connectivity index (χ2v) is 4.77. The number of carboxylic acids is 1. The second kappa shape index (κ2) is 5.97. The van der Waals surface area contributed by atoms with Crippen LogP contribution in [0.5, 0.6) is 0 Å². The van der Waals surface area contributed by atoms with Gasteiger partial charge in [-0.15, -0.1) is 0 Å². The molecule has 0 aromatic carbocycles. The van der Waals surface area contributed by atoms with Crippen molar-refractivity contribution in [1.82, 2.24) is 14.9 Å². The molecule has 0 unspecified atom stereocenters. The number of anilines is 1. The van der Waals surface area contributed by atoms with E-state index in [9.17, 15) is 4.79 Å². The molecular weight excluding hydrogens is 244 g/mol. The van der Waals surface area contributed by atoms with E-state index >= 15 is 0 Å². The van der Waals surface area contributed by atoms with Crippen molar-refractivity contribution in [2.24, 2.45) is 0 Å². The minimum absolute atomic E-state index is 0.122. The maximum Gasteiger partial charge on any atom is 0.317 e. The molecule has 0 saturated carbocycles. The summed E-state index contributed by atoms with van der Waals surface area (Å²) in [5.74, 6) is 0.241. The smallest absolute Gasteiger partial charge is 0.317 e. The molecule has 6 heteroatoms. The van der Waals surface area contributed by atoms with Crippen LogP contribution in [0.25, 0.3) is 0 Å². The lowest BCUT2D eigenvalue weighted by Crippen LogP contribution is -2.48. The van der Waals surface area contributed by atoms with Crippen LogP contribution in [0.1, 0.15) is 18.2 Å². The molecule has 0 atom stereocenters. The molecule has 0 bridgehead atoms. The predicted octanol–water partition coefficient (Wildman–Crippen LogP) is 0.554. The first-order valence-corrected chi connectivity index (χ1v) is 6.61. The number of aromatic nitrogens is 2. The van der Waals surface area contributed by atoms with Gasteiger partial charge in [0.25, 0.3) is 0 Å². The molecule has 19 heavy (non-hydrogen) atoms. The van der Waals surface area contributed by atoms with E-state index in [2.05, 4.69) is 21.8 Å². The van der Waals surface area contributed by atoms with Gasteiger partial charge in [0.2, 0.25) is 0 Å².